The van der Waals surface area contributed by atoms with Crippen LogP contribution in [0.4, 0.5) is 0 Å². The fourth-order valence-corrected chi connectivity index (χ4v) is 11.9. The van der Waals surface area contributed by atoms with Crippen LogP contribution in [-0.2, 0) is 27.9 Å². The van der Waals surface area contributed by atoms with Crippen LogP contribution in [0.2, 0.25) is 0 Å². The molecule has 0 saturated carbocycles. The highest BCUT2D eigenvalue weighted by Crippen LogP contribution is 2.43. The Bertz CT molecular complexity index is 1530. The second-order valence-corrected chi connectivity index (χ2v) is 27.9. The minimum atomic E-state index is -4.45. The van der Waals surface area contributed by atoms with E-state index in [9.17, 15) is 19.0 Å². The summed E-state index contributed by atoms with van der Waals surface area (Å²) in [5.41, 5.74) is 0. The first-order valence-electron chi connectivity index (χ1n) is 36.8. The number of phosphoric ester groups is 1. The predicted molar refractivity (Wildman–Crippen MR) is 365 cm³/mol. The number of rotatable bonds is 68. The van der Waals surface area contributed by atoms with E-state index in [1.807, 2.05) is 27.2 Å². The molecule has 0 fully saturated rings. The molecule has 0 aromatic carbocycles. The first-order chi connectivity index (χ1) is 40.9. The van der Waals surface area contributed by atoms with E-state index in [-0.39, 0.29) is 25.1 Å². The summed E-state index contributed by atoms with van der Waals surface area (Å²) in [5, 5.41) is 3.08. The van der Waals surface area contributed by atoms with Crippen molar-refractivity contribution >= 4 is 19.7 Å². The average Bonchev–Trinajstić information content (AvgIpc) is 3.64. The van der Waals surface area contributed by atoms with Crippen molar-refractivity contribution in [3.05, 3.63) is 36.5 Å². The third kappa shape index (κ3) is 64.7. The normalized spacial score (nSPS) is 13.7. The third-order valence-corrected chi connectivity index (χ3v) is 17.8. The number of quaternary nitrogens is 1. The number of hydrogen-bond acceptors (Lipinski definition) is 6. The van der Waals surface area contributed by atoms with Gasteiger partial charge in [0.1, 0.15) is 19.3 Å². The Kier molecular flexibility index (Phi) is 62.9. The van der Waals surface area contributed by atoms with Gasteiger partial charge in [0.05, 0.1) is 33.8 Å². The molecule has 0 radical (unpaired) electrons. The molecule has 84 heavy (non-hydrogen) atoms. The summed E-state index contributed by atoms with van der Waals surface area (Å²) in [6.45, 7) is 7.06. The van der Waals surface area contributed by atoms with E-state index in [0.717, 1.165) is 64.2 Å². The van der Waals surface area contributed by atoms with Crippen molar-refractivity contribution in [2.45, 2.75) is 386 Å². The van der Waals surface area contributed by atoms with Crippen molar-refractivity contribution in [1.29, 1.82) is 0 Å². The summed E-state index contributed by atoms with van der Waals surface area (Å²) in [6.07, 6.45) is 80.2. The topological polar surface area (TPSA) is 111 Å². The molecule has 10 heteroatoms. The van der Waals surface area contributed by atoms with Crippen LogP contribution < -0.4 is 5.32 Å². The fourth-order valence-electron chi connectivity index (χ4n) is 11.2. The van der Waals surface area contributed by atoms with Crippen LogP contribution in [0.3, 0.4) is 0 Å². The van der Waals surface area contributed by atoms with Crippen LogP contribution in [0.15, 0.2) is 36.5 Å². The lowest BCUT2D eigenvalue weighted by Gasteiger charge is -2.27. The number of nitrogens with zero attached hydrogens (tertiary/aromatic N) is 1. The van der Waals surface area contributed by atoms with E-state index in [1.54, 1.807) is 0 Å². The maximum atomic E-state index is 13.6. The van der Waals surface area contributed by atoms with E-state index in [0.29, 0.717) is 23.9 Å². The van der Waals surface area contributed by atoms with Crippen LogP contribution in [0.5, 0.6) is 0 Å². The number of carbonyl (C=O) groups excluding carboxylic acids is 2. The molecule has 0 heterocycles. The van der Waals surface area contributed by atoms with Crippen molar-refractivity contribution in [2.75, 3.05) is 40.9 Å². The molecule has 0 aliphatic rings. The highest BCUT2D eigenvalue weighted by molar-refractivity contribution is 7.47. The van der Waals surface area contributed by atoms with Gasteiger partial charge in [-0.1, -0.05) is 334 Å². The first kappa shape index (κ1) is 82.2. The van der Waals surface area contributed by atoms with E-state index >= 15 is 0 Å². The smallest absolute Gasteiger partial charge is 0.456 e. The van der Waals surface area contributed by atoms with Crippen LogP contribution >= 0.6 is 7.82 Å². The molecule has 0 bridgehead atoms. The second kappa shape index (κ2) is 64.2. The van der Waals surface area contributed by atoms with Gasteiger partial charge in [0.2, 0.25) is 5.91 Å². The number of phosphoric acid groups is 1. The zero-order valence-electron chi connectivity index (χ0n) is 56.9. The van der Waals surface area contributed by atoms with Gasteiger partial charge in [-0.3, -0.25) is 18.6 Å². The number of allylic oxidation sites excluding steroid dienone is 5. The highest BCUT2D eigenvalue weighted by Gasteiger charge is 2.30. The highest BCUT2D eigenvalue weighted by atomic mass is 31.2. The molecule has 0 spiro atoms. The number of esters is 1. The molecule has 0 aromatic rings. The summed E-state index contributed by atoms with van der Waals surface area (Å²) < 4.78 is 30.9. The number of carbonyl (C=O) groups is 2. The zero-order chi connectivity index (χ0) is 61.4. The average molecular weight is 1200 g/mol. The van der Waals surface area contributed by atoms with Crippen LogP contribution in [0.1, 0.15) is 374 Å². The Hall–Kier alpha value is -1.77. The largest absolute Gasteiger partial charge is 0.472 e. The molecule has 0 rings (SSSR count). The number of ether oxygens (including phenoxy) is 1. The number of nitrogens with one attached hydrogen (secondary N) is 1. The summed E-state index contributed by atoms with van der Waals surface area (Å²) in [7, 11) is 1.52. The lowest BCUT2D eigenvalue weighted by Crippen LogP contribution is -2.47. The quantitative estimate of drug-likeness (QED) is 0.0205. The molecule has 3 atom stereocenters. The Labute approximate surface area is 523 Å². The first-order valence-corrected chi connectivity index (χ1v) is 38.3. The summed E-state index contributed by atoms with van der Waals surface area (Å²) >= 11 is 0. The van der Waals surface area contributed by atoms with E-state index < -0.39 is 20.0 Å². The maximum Gasteiger partial charge on any atom is 0.472 e. The van der Waals surface area contributed by atoms with Gasteiger partial charge < -0.3 is 19.4 Å². The Morgan fingerprint density at radius 3 is 1.10 bits per heavy atom. The molecule has 0 saturated heterocycles. The Morgan fingerprint density at radius 1 is 0.417 bits per heavy atom. The standard InChI is InChI=1S/C74H143N2O7P/c1-7-10-13-16-19-22-25-28-30-32-34-36-37-38-39-41-42-44-46-48-51-54-57-60-63-66-73(77)75-71(70-82-84(79,80)81-69-68-76(4,5)6)72(65-62-59-56-53-50-27-24-21-18-15-12-9-3)83-74(78)67-64-61-58-55-52-49-47-45-43-40-35-33-31-29-26-23-20-17-14-11-8-2/h19,22,28,30,62,65,71-72H,7-18,20-21,23-27,29,31-61,63-64,66-70H2,1-6H3,(H-,75,77,79,80)/p+1/b22-19-,30-28-,65-62+. The van der Waals surface area contributed by atoms with Gasteiger partial charge in [-0.15, -0.1) is 0 Å². The number of amides is 1. The van der Waals surface area contributed by atoms with E-state index in [4.69, 9.17) is 13.8 Å². The third-order valence-electron chi connectivity index (χ3n) is 16.8. The van der Waals surface area contributed by atoms with Crippen molar-refractivity contribution in [3.63, 3.8) is 0 Å². The molecule has 3 unspecified atom stereocenters. The number of hydrogen-bond donors (Lipinski definition) is 2. The van der Waals surface area contributed by atoms with Gasteiger partial charge in [-0.05, 0) is 63.9 Å². The lowest BCUT2D eigenvalue weighted by atomic mass is 10.0. The van der Waals surface area contributed by atoms with Gasteiger partial charge in [0.25, 0.3) is 0 Å². The minimum absolute atomic E-state index is 0.0436. The SMILES string of the molecule is CCCCC/C=C\C/C=C\CCCCCCCCCCCCCCCCCC(=O)NC(COP(=O)(O)OCC[N+](C)(C)C)C(/C=C/CCCCCCCCCCCC)OC(=O)CCCCCCCCCCCCCCCCCCCCCCC. The van der Waals surface area contributed by atoms with Crippen molar-refractivity contribution in [3.8, 4) is 0 Å². The summed E-state index contributed by atoms with van der Waals surface area (Å²) in [5.74, 6) is -0.482. The minimum Gasteiger partial charge on any atom is -0.456 e. The fraction of sp³-hybridized carbons (Fsp3) is 0.892. The molecule has 0 aliphatic heterocycles. The van der Waals surface area contributed by atoms with Gasteiger partial charge in [0, 0.05) is 12.8 Å². The van der Waals surface area contributed by atoms with Crippen molar-refractivity contribution in [2.24, 2.45) is 0 Å². The number of unbranched alkanes of at least 4 members (excludes halogenated alkanes) is 48. The molecular weight excluding hydrogens is 1060 g/mol. The Morgan fingerprint density at radius 2 is 0.726 bits per heavy atom. The van der Waals surface area contributed by atoms with Gasteiger partial charge in [-0.2, -0.15) is 0 Å². The molecule has 2 N–H and O–H groups in total. The van der Waals surface area contributed by atoms with E-state index in [1.165, 1.54) is 276 Å². The predicted octanol–water partition coefficient (Wildman–Crippen LogP) is 23.4. The molecule has 496 valence electrons. The van der Waals surface area contributed by atoms with Crippen molar-refractivity contribution < 1.29 is 37.3 Å². The summed E-state index contributed by atoms with van der Waals surface area (Å²) in [4.78, 5) is 37.9. The molecule has 0 aliphatic carbocycles. The Balaban J connectivity index is 4.99. The second-order valence-electron chi connectivity index (χ2n) is 26.5. The molecule has 1 amide bonds. The van der Waals surface area contributed by atoms with Gasteiger partial charge >= 0.3 is 13.8 Å². The van der Waals surface area contributed by atoms with Crippen molar-refractivity contribution in [1.82, 2.24) is 5.32 Å². The monoisotopic (exact) mass is 1200 g/mol. The zero-order valence-corrected chi connectivity index (χ0v) is 57.8. The van der Waals surface area contributed by atoms with Gasteiger partial charge in [0.15, 0.2) is 0 Å². The van der Waals surface area contributed by atoms with Crippen LogP contribution in [0.25, 0.3) is 0 Å². The molecular formula is C74H144N2O7P+. The van der Waals surface area contributed by atoms with E-state index in [2.05, 4.69) is 56.5 Å². The summed E-state index contributed by atoms with van der Waals surface area (Å²) in [6, 6.07) is -0.845. The maximum absolute atomic E-state index is 13.6. The van der Waals surface area contributed by atoms with Crippen LogP contribution in [0, 0.1) is 0 Å². The lowest BCUT2D eigenvalue weighted by molar-refractivity contribution is -0.870. The number of likely N-dealkylation sites (N-methyl/N-ethyl adjacent to an activating group) is 1. The molecule has 0 aromatic heterocycles. The molecule has 9 nitrogen and oxygen atoms in total. The van der Waals surface area contributed by atoms with Crippen LogP contribution in [-0.4, -0.2) is 74.3 Å². The van der Waals surface area contributed by atoms with Gasteiger partial charge in [-0.25, -0.2) is 4.57 Å².